The molecule has 1 atom stereocenters. The topological polar surface area (TPSA) is 83.6 Å². The van der Waals surface area contributed by atoms with Gasteiger partial charge in [0.15, 0.2) is 5.03 Å². The fourth-order valence-corrected chi connectivity index (χ4v) is 5.35. The van der Waals surface area contributed by atoms with Gasteiger partial charge in [0.05, 0.1) is 6.54 Å². The van der Waals surface area contributed by atoms with Crippen molar-refractivity contribution in [3.8, 4) is 0 Å². The van der Waals surface area contributed by atoms with Crippen molar-refractivity contribution in [2.75, 3.05) is 27.1 Å². The number of guanidine groups is 1. The van der Waals surface area contributed by atoms with Gasteiger partial charge in [-0.2, -0.15) is 0 Å². The Hall–Kier alpha value is -1.91. The number of benzene rings is 1. The van der Waals surface area contributed by atoms with Gasteiger partial charge in [-0.15, -0.1) is 0 Å². The molecule has 1 aromatic carbocycles. The Labute approximate surface area is 139 Å². The van der Waals surface area contributed by atoms with Crippen LogP contribution in [0.1, 0.15) is 0 Å². The third-order valence-corrected chi connectivity index (χ3v) is 6.63. The maximum atomic E-state index is 10.7. The molecule has 0 aliphatic carbocycles. The lowest BCUT2D eigenvalue weighted by Crippen LogP contribution is -2.50. The van der Waals surface area contributed by atoms with Crippen LogP contribution < -0.4 is 0 Å². The highest BCUT2D eigenvalue weighted by molar-refractivity contribution is 8.71. The number of ether oxygens (including phenoxy) is 1. The summed E-state index contributed by atoms with van der Waals surface area (Å²) in [7, 11) is 3.11. The number of rotatable bonds is 4. The van der Waals surface area contributed by atoms with E-state index in [1.54, 1.807) is 27.6 Å². The molecule has 2 heterocycles. The summed E-state index contributed by atoms with van der Waals surface area (Å²) >= 11 is 0. The summed E-state index contributed by atoms with van der Waals surface area (Å²) in [6.07, 6.45) is 1.83. The first kappa shape index (κ1) is 16.0. The molecule has 1 fully saturated rings. The van der Waals surface area contributed by atoms with Crippen LogP contribution in [-0.2, 0) is 14.5 Å². The van der Waals surface area contributed by atoms with Crippen molar-refractivity contribution >= 4 is 26.5 Å². The van der Waals surface area contributed by atoms with Gasteiger partial charge < -0.3 is 14.5 Å². The number of nitro groups is 1. The molecular weight excluding hydrogens is 338 g/mol. The van der Waals surface area contributed by atoms with Crippen LogP contribution >= 0.6 is 10.8 Å². The third-order valence-electron chi connectivity index (χ3n) is 3.10. The van der Waals surface area contributed by atoms with Crippen LogP contribution in [-0.4, -0.2) is 47.8 Å². The molecule has 23 heavy (non-hydrogen) atoms. The predicted molar refractivity (Wildman–Crippen MR) is 89.9 cm³/mol. The zero-order valence-electron chi connectivity index (χ0n) is 12.4. The van der Waals surface area contributed by atoms with E-state index < -0.39 is 5.03 Å². The van der Waals surface area contributed by atoms with Crippen molar-refractivity contribution in [3.63, 3.8) is 0 Å². The van der Waals surface area contributed by atoms with Gasteiger partial charge in [-0.25, -0.2) is 14.5 Å². The quantitative estimate of drug-likeness (QED) is 0.468. The summed E-state index contributed by atoms with van der Waals surface area (Å²) in [5.41, 5.74) is 0. The first-order valence-corrected chi connectivity index (χ1v) is 9.29. The Balaban J connectivity index is 1.67. The normalized spacial score (nSPS) is 22.9. The second-order valence-electron chi connectivity index (χ2n) is 4.84. The van der Waals surface area contributed by atoms with Crippen molar-refractivity contribution in [3.05, 3.63) is 51.6 Å². The molecule has 8 nitrogen and oxygen atoms in total. The Morgan fingerprint density at radius 3 is 2.96 bits per heavy atom. The molecule has 0 bridgehead atoms. The Bertz CT molecular complexity index is 692. The molecule has 3 rings (SSSR count). The van der Waals surface area contributed by atoms with Crippen molar-refractivity contribution in [1.29, 1.82) is 0 Å². The summed E-state index contributed by atoms with van der Waals surface area (Å²) in [6.45, 7) is 1.05. The minimum absolute atomic E-state index is 0.262. The lowest BCUT2D eigenvalue weighted by molar-refractivity contribution is -0.486. The van der Waals surface area contributed by atoms with Gasteiger partial charge in [-0.05, 0) is 32.6 Å². The van der Waals surface area contributed by atoms with Gasteiger partial charge in [0, 0.05) is 23.0 Å². The number of nitrogens with zero attached hydrogens (tertiary/aromatic N) is 5. The lowest BCUT2D eigenvalue weighted by atomic mass is 10.4. The van der Waals surface area contributed by atoms with Crippen LogP contribution in [0.15, 0.2) is 55.8 Å². The summed E-state index contributed by atoms with van der Waals surface area (Å²) < 4.78 is 9.94. The Morgan fingerprint density at radius 2 is 2.22 bits per heavy atom. The largest absolute Gasteiger partial charge is 0.341 e. The smallest absolute Gasteiger partial charge is 0.277 e. The van der Waals surface area contributed by atoms with E-state index >= 15 is 0 Å². The first-order chi connectivity index (χ1) is 11.1. The minimum Gasteiger partial charge on any atom is -0.341 e. The molecular formula is C13H15N5O3S2. The fourth-order valence-electron chi connectivity index (χ4n) is 2.13. The minimum atomic E-state index is -0.681. The first-order valence-electron chi connectivity index (χ1n) is 6.78. The van der Waals surface area contributed by atoms with Crippen molar-refractivity contribution in [2.45, 2.75) is 4.90 Å². The zero-order valence-corrected chi connectivity index (χ0v) is 14.0. The van der Waals surface area contributed by atoms with Gasteiger partial charge in [0.1, 0.15) is 18.6 Å². The SMILES string of the molecule is CN1COCN(CC2=CN=S(c3ccccc3)S2)C1=N[N+](=O)[O-]. The second kappa shape index (κ2) is 7.11. The molecule has 0 amide bonds. The van der Waals surface area contributed by atoms with E-state index in [9.17, 15) is 10.1 Å². The monoisotopic (exact) mass is 353 g/mol. The molecule has 2 aliphatic heterocycles. The van der Waals surface area contributed by atoms with Gasteiger partial charge >= 0.3 is 0 Å². The molecule has 0 radical (unpaired) electrons. The number of hydrogen-bond acceptors (Lipinski definition) is 5. The fraction of sp³-hybridized carbons (Fsp3) is 0.308. The molecule has 1 unspecified atom stereocenters. The molecule has 1 saturated heterocycles. The number of hydrogen-bond donors (Lipinski definition) is 0. The molecule has 0 saturated carbocycles. The van der Waals surface area contributed by atoms with E-state index in [0.29, 0.717) is 12.5 Å². The van der Waals surface area contributed by atoms with Crippen molar-refractivity contribution in [2.24, 2.45) is 9.46 Å². The van der Waals surface area contributed by atoms with E-state index in [2.05, 4.69) is 9.46 Å². The highest BCUT2D eigenvalue weighted by Gasteiger charge is 2.27. The summed E-state index contributed by atoms with van der Waals surface area (Å²) in [4.78, 5) is 16.3. The van der Waals surface area contributed by atoms with Gasteiger partial charge in [0.25, 0.3) is 5.96 Å². The highest BCUT2D eigenvalue weighted by atomic mass is 33.1. The van der Waals surface area contributed by atoms with Gasteiger partial charge in [0.2, 0.25) is 0 Å². The molecule has 1 aromatic rings. The van der Waals surface area contributed by atoms with Crippen LogP contribution in [0, 0.1) is 10.1 Å². The summed E-state index contributed by atoms with van der Waals surface area (Å²) in [6, 6.07) is 10.1. The van der Waals surface area contributed by atoms with Crippen LogP contribution in [0.2, 0.25) is 0 Å². The molecule has 0 N–H and O–H groups in total. The van der Waals surface area contributed by atoms with E-state index in [-0.39, 0.29) is 23.2 Å². The average molecular weight is 353 g/mol. The van der Waals surface area contributed by atoms with E-state index in [1.807, 2.05) is 36.5 Å². The van der Waals surface area contributed by atoms with E-state index in [1.165, 1.54) is 0 Å². The number of hydrazone groups is 1. The third kappa shape index (κ3) is 3.89. The highest BCUT2D eigenvalue weighted by Crippen LogP contribution is 2.34. The summed E-state index contributed by atoms with van der Waals surface area (Å²) in [5, 5.41) is 13.5. The second-order valence-corrected chi connectivity index (χ2v) is 8.16. The molecule has 122 valence electrons. The molecule has 2 aliphatic rings. The zero-order chi connectivity index (χ0) is 16.2. The van der Waals surface area contributed by atoms with Gasteiger partial charge in [-0.3, -0.25) is 0 Å². The molecule has 10 heteroatoms. The van der Waals surface area contributed by atoms with Crippen molar-refractivity contribution in [1.82, 2.24) is 9.80 Å². The van der Waals surface area contributed by atoms with Crippen molar-refractivity contribution < 1.29 is 9.77 Å². The standard InChI is InChI=1S/C13H15N5O3S2/c1-16-9-21-10-17(13(16)15-18(19)20)8-11-7-14-23(22-11)12-5-3-2-4-6-12/h2-7H,8-10H2,1H3. The van der Waals surface area contributed by atoms with E-state index in [0.717, 1.165) is 9.80 Å². The van der Waals surface area contributed by atoms with Crippen LogP contribution in [0.3, 0.4) is 0 Å². The van der Waals surface area contributed by atoms with E-state index in [4.69, 9.17) is 4.74 Å². The Morgan fingerprint density at radius 1 is 1.43 bits per heavy atom. The van der Waals surface area contributed by atoms with Crippen LogP contribution in [0.25, 0.3) is 0 Å². The van der Waals surface area contributed by atoms with Crippen LogP contribution in [0.4, 0.5) is 0 Å². The molecule has 0 spiro atoms. The summed E-state index contributed by atoms with van der Waals surface area (Å²) in [5.74, 6) is 0.300. The lowest BCUT2D eigenvalue weighted by Gasteiger charge is -2.34. The van der Waals surface area contributed by atoms with Crippen LogP contribution in [0.5, 0.6) is 0 Å². The molecule has 0 aromatic heterocycles. The average Bonchev–Trinajstić information content (AvgIpc) is 3.00. The Kier molecular flexibility index (Phi) is 4.94. The maximum absolute atomic E-state index is 10.7. The maximum Gasteiger partial charge on any atom is 0.277 e. The predicted octanol–water partition coefficient (Wildman–Crippen LogP) is 2.08. The van der Waals surface area contributed by atoms with Gasteiger partial charge in [-0.1, -0.05) is 18.2 Å².